The number of hydrogen-bond acceptors (Lipinski definition) is 2. The lowest BCUT2D eigenvalue weighted by atomic mass is 9.86. The molecule has 1 aliphatic heterocycles. The maximum absolute atomic E-state index is 2.42. The monoisotopic (exact) mass is 294 g/mol. The Hall–Kier alpha value is -1.96. The minimum atomic E-state index is 0.183. The number of nitrogens with zero attached hydrogens (tertiary/aromatic N) is 2. The number of aryl methyl sites for hydroxylation is 2. The summed E-state index contributed by atoms with van der Waals surface area (Å²) >= 11 is 0. The van der Waals surface area contributed by atoms with Gasteiger partial charge in [-0.1, -0.05) is 39.0 Å². The largest absolute Gasteiger partial charge is 0.355 e. The predicted molar refractivity (Wildman–Crippen MR) is 96.5 cm³/mol. The molecule has 0 saturated carbocycles. The summed E-state index contributed by atoms with van der Waals surface area (Å²) in [6.07, 6.45) is 0. The van der Waals surface area contributed by atoms with Gasteiger partial charge < -0.3 is 9.80 Å². The van der Waals surface area contributed by atoms with Gasteiger partial charge in [-0.15, -0.1) is 0 Å². The second-order valence-corrected chi connectivity index (χ2v) is 7.51. The van der Waals surface area contributed by atoms with E-state index in [1.165, 1.54) is 33.8 Å². The highest BCUT2D eigenvalue weighted by Gasteiger charge is 2.27. The molecular formula is C20H26N2. The van der Waals surface area contributed by atoms with Crippen LogP contribution >= 0.6 is 0 Å². The first-order valence-electron chi connectivity index (χ1n) is 7.98. The van der Waals surface area contributed by atoms with Gasteiger partial charge in [-0.2, -0.15) is 0 Å². The summed E-state index contributed by atoms with van der Waals surface area (Å²) in [6, 6.07) is 13.6. The Morgan fingerprint density at radius 2 is 1.59 bits per heavy atom. The summed E-state index contributed by atoms with van der Waals surface area (Å²) in [7, 11) is 2.18. The lowest BCUT2D eigenvalue weighted by Gasteiger charge is -2.23. The molecule has 0 amide bonds. The molecule has 0 N–H and O–H groups in total. The summed E-state index contributed by atoms with van der Waals surface area (Å²) in [6.45, 7) is 12.1. The second kappa shape index (κ2) is 5.05. The summed E-state index contributed by atoms with van der Waals surface area (Å²) < 4.78 is 0. The lowest BCUT2D eigenvalue weighted by molar-refractivity contribution is 0.590. The molecule has 0 fully saturated rings. The number of fused-ring (bicyclic) bond motifs is 1. The smallest absolute Gasteiger partial charge is 0.0950 e. The number of hydrogen-bond donors (Lipinski definition) is 0. The van der Waals surface area contributed by atoms with E-state index in [1.54, 1.807) is 0 Å². The van der Waals surface area contributed by atoms with Crippen molar-refractivity contribution in [2.24, 2.45) is 0 Å². The van der Waals surface area contributed by atoms with Crippen LogP contribution in [0.15, 0.2) is 36.4 Å². The molecule has 0 spiro atoms. The van der Waals surface area contributed by atoms with Gasteiger partial charge >= 0.3 is 0 Å². The first-order chi connectivity index (χ1) is 10.3. The number of rotatable bonds is 1. The molecule has 116 valence electrons. The van der Waals surface area contributed by atoms with Crippen LogP contribution in [0.3, 0.4) is 0 Å². The fraction of sp³-hybridized carbons (Fsp3) is 0.400. The van der Waals surface area contributed by atoms with E-state index >= 15 is 0 Å². The first-order valence-corrected chi connectivity index (χ1v) is 7.98. The molecule has 22 heavy (non-hydrogen) atoms. The van der Waals surface area contributed by atoms with Gasteiger partial charge in [0.1, 0.15) is 0 Å². The Morgan fingerprint density at radius 3 is 2.27 bits per heavy atom. The molecule has 0 aromatic heterocycles. The van der Waals surface area contributed by atoms with Crippen LogP contribution in [0.4, 0.5) is 17.1 Å². The molecular weight excluding hydrogens is 268 g/mol. The van der Waals surface area contributed by atoms with Crippen molar-refractivity contribution in [2.45, 2.75) is 40.0 Å². The van der Waals surface area contributed by atoms with Gasteiger partial charge in [-0.3, -0.25) is 0 Å². The molecule has 0 radical (unpaired) electrons. The zero-order valence-corrected chi connectivity index (χ0v) is 14.6. The highest BCUT2D eigenvalue weighted by molar-refractivity contribution is 5.83. The van der Waals surface area contributed by atoms with Gasteiger partial charge in [0.2, 0.25) is 0 Å². The van der Waals surface area contributed by atoms with Crippen molar-refractivity contribution < 1.29 is 0 Å². The molecule has 1 aliphatic rings. The predicted octanol–water partition coefficient (Wildman–Crippen LogP) is 5.15. The van der Waals surface area contributed by atoms with Crippen molar-refractivity contribution in [2.75, 3.05) is 23.5 Å². The third-order valence-corrected chi connectivity index (χ3v) is 4.55. The Morgan fingerprint density at radius 1 is 0.864 bits per heavy atom. The van der Waals surface area contributed by atoms with Gasteiger partial charge in [0.05, 0.1) is 18.0 Å². The summed E-state index contributed by atoms with van der Waals surface area (Å²) in [5.41, 5.74) is 8.16. The fourth-order valence-electron chi connectivity index (χ4n) is 3.10. The molecule has 2 aromatic rings. The van der Waals surface area contributed by atoms with Crippen LogP contribution in [-0.2, 0) is 5.41 Å². The van der Waals surface area contributed by atoms with Crippen molar-refractivity contribution in [1.29, 1.82) is 0 Å². The highest BCUT2D eigenvalue weighted by Crippen LogP contribution is 2.43. The second-order valence-electron chi connectivity index (χ2n) is 7.51. The molecule has 0 saturated heterocycles. The van der Waals surface area contributed by atoms with Crippen LogP contribution < -0.4 is 9.80 Å². The van der Waals surface area contributed by atoms with E-state index < -0.39 is 0 Å². The van der Waals surface area contributed by atoms with Crippen molar-refractivity contribution in [3.8, 4) is 0 Å². The fourth-order valence-corrected chi connectivity index (χ4v) is 3.10. The number of benzene rings is 2. The summed E-state index contributed by atoms with van der Waals surface area (Å²) in [5, 5.41) is 0. The van der Waals surface area contributed by atoms with E-state index in [1.807, 2.05) is 0 Å². The van der Waals surface area contributed by atoms with E-state index in [2.05, 4.69) is 87.9 Å². The molecule has 2 aromatic carbocycles. The topological polar surface area (TPSA) is 6.48 Å². The third-order valence-electron chi connectivity index (χ3n) is 4.55. The van der Waals surface area contributed by atoms with E-state index in [4.69, 9.17) is 0 Å². The van der Waals surface area contributed by atoms with Crippen molar-refractivity contribution in [3.63, 3.8) is 0 Å². The maximum atomic E-state index is 2.42. The summed E-state index contributed by atoms with van der Waals surface area (Å²) in [4.78, 5) is 4.76. The van der Waals surface area contributed by atoms with Crippen molar-refractivity contribution >= 4 is 17.1 Å². The Bertz CT molecular complexity index is 710. The molecule has 1 heterocycles. The minimum absolute atomic E-state index is 0.183. The lowest BCUT2D eigenvalue weighted by Crippen LogP contribution is -2.24. The van der Waals surface area contributed by atoms with Gasteiger partial charge in [0.25, 0.3) is 0 Å². The van der Waals surface area contributed by atoms with Crippen LogP contribution in [0.25, 0.3) is 0 Å². The highest BCUT2D eigenvalue weighted by atomic mass is 15.4. The molecule has 0 atom stereocenters. The van der Waals surface area contributed by atoms with Gasteiger partial charge in [0.15, 0.2) is 0 Å². The van der Waals surface area contributed by atoms with Gasteiger partial charge in [-0.25, -0.2) is 0 Å². The Labute approximate surface area is 134 Å². The van der Waals surface area contributed by atoms with Crippen LogP contribution in [0.2, 0.25) is 0 Å². The van der Waals surface area contributed by atoms with Gasteiger partial charge in [0, 0.05) is 12.7 Å². The zero-order chi connectivity index (χ0) is 16.1. The van der Waals surface area contributed by atoms with Crippen LogP contribution in [0.5, 0.6) is 0 Å². The van der Waals surface area contributed by atoms with Crippen molar-refractivity contribution in [3.05, 3.63) is 53.1 Å². The quantitative estimate of drug-likeness (QED) is 0.718. The zero-order valence-electron chi connectivity index (χ0n) is 14.6. The molecule has 0 unspecified atom stereocenters. The third kappa shape index (κ3) is 2.47. The van der Waals surface area contributed by atoms with Crippen LogP contribution in [-0.4, -0.2) is 13.7 Å². The molecule has 0 bridgehead atoms. The summed E-state index contributed by atoms with van der Waals surface area (Å²) in [5.74, 6) is 0. The Balaban J connectivity index is 2.09. The van der Waals surface area contributed by atoms with E-state index in [9.17, 15) is 0 Å². The standard InChI is InChI=1S/C20H26N2/c1-14-7-8-15(2)18(11-14)22-13-21(6)19-12-16(20(3,4)5)9-10-17(19)22/h7-12H,13H2,1-6H3. The Kier molecular flexibility index (Phi) is 3.43. The molecule has 2 heteroatoms. The molecule has 0 aliphatic carbocycles. The maximum Gasteiger partial charge on any atom is 0.0950 e. The first kappa shape index (κ1) is 15.0. The van der Waals surface area contributed by atoms with Crippen LogP contribution in [0, 0.1) is 13.8 Å². The normalized spacial score (nSPS) is 14.5. The van der Waals surface area contributed by atoms with Crippen LogP contribution in [0.1, 0.15) is 37.5 Å². The number of anilines is 3. The van der Waals surface area contributed by atoms with E-state index in [0.717, 1.165) is 6.67 Å². The SMILES string of the molecule is Cc1ccc(C)c(N2CN(C)c3cc(C(C)(C)C)ccc32)c1. The molecule has 3 rings (SSSR count). The van der Waals surface area contributed by atoms with Gasteiger partial charge in [-0.05, 0) is 54.2 Å². The molecule has 2 nitrogen and oxygen atoms in total. The van der Waals surface area contributed by atoms with Crippen molar-refractivity contribution in [1.82, 2.24) is 0 Å². The average Bonchev–Trinajstić information content (AvgIpc) is 2.77. The van der Waals surface area contributed by atoms with E-state index in [-0.39, 0.29) is 5.41 Å². The average molecular weight is 294 g/mol. The van der Waals surface area contributed by atoms with E-state index in [0.29, 0.717) is 0 Å². The minimum Gasteiger partial charge on any atom is -0.355 e.